The summed E-state index contributed by atoms with van der Waals surface area (Å²) in [7, 11) is 0. The van der Waals surface area contributed by atoms with Crippen LogP contribution in [0, 0.1) is 6.92 Å². The summed E-state index contributed by atoms with van der Waals surface area (Å²) in [4.78, 5) is 0. The number of aromatic nitrogens is 2. The van der Waals surface area contributed by atoms with Crippen molar-refractivity contribution in [3.63, 3.8) is 0 Å². The number of fused-ring (bicyclic) bond motifs is 1. The van der Waals surface area contributed by atoms with Crippen LogP contribution in [0.1, 0.15) is 5.56 Å². The van der Waals surface area contributed by atoms with Gasteiger partial charge in [0.15, 0.2) is 0 Å². The van der Waals surface area contributed by atoms with Crippen LogP contribution in [0.5, 0.6) is 11.6 Å². The van der Waals surface area contributed by atoms with Gasteiger partial charge in [-0.3, -0.25) is 0 Å². The fourth-order valence-corrected chi connectivity index (χ4v) is 2.68. The van der Waals surface area contributed by atoms with Crippen molar-refractivity contribution in [3.05, 3.63) is 84.4 Å². The third kappa shape index (κ3) is 2.72. The summed E-state index contributed by atoms with van der Waals surface area (Å²) >= 11 is 0. The Morgan fingerprint density at radius 3 is 2.08 bits per heavy atom. The maximum absolute atomic E-state index is 5.93. The third-order valence-electron chi connectivity index (χ3n) is 3.94. The first-order valence-corrected chi connectivity index (χ1v) is 7.86. The number of aryl methyl sites for hydroxylation is 1. The smallest absolute Gasteiger partial charge is 0.246 e. The van der Waals surface area contributed by atoms with Gasteiger partial charge in [-0.15, -0.1) is 10.2 Å². The molecule has 3 heteroatoms. The number of hydrogen-bond acceptors (Lipinski definition) is 3. The van der Waals surface area contributed by atoms with Crippen molar-refractivity contribution < 1.29 is 4.74 Å². The average Bonchev–Trinajstić information content (AvgIpc) is 2.64. The van der Waals surface area contributed by atoms with Crippen LogP contribution in [0.25, 0.3) is 22.0 Å². The SMILES string of the molecule is Cc1ccc(-c2nnc(Oc3ccccc3)c3ccccc23)cc1. The lowest BCUT2D eigenvalue weighted by molar-refractivity contribution is 0.462. The van der Waals surface area contributed by atoms with Gasteiger partial charge in [-0.2, -0.15) is 0 Å². The van der Waals surface area contributed by atoms with Gasteiger partial charge in [0.05, 0.1) is 0 Å². The van der Waals surface area contributed by atoms with Gasteiger partial charge in [-0.1, -0.05) is 66.2 Å². The number of rotatable bonds is 3. The lowest BCUT2D eigenvalue weighted by atomic mass is 10.0. The molecule has 0 aliphatic rings. The number of nitrogens with zero attached hydrogens (tertiary/aromatic N) is 2. The van der Waals surface area contributed by atoms with E-state index in [1.165, 1.54) is 5.56 Å². The Morgan fingerprint density at radius 1 is 0.667 bits per heavy atom. The summed E-state index contributed by atoms with van der Waals surface area (Å²) in [6.07, 6.45) is 0. The molecule has 0 aliphatic carbocycles. The molecule has 0 unspecified atom stereocenters. The first kappa shape index (κ1) is 14.4. The minimum Gasteiger partial charge on any atom is -0.437 e. The second-order valence-corrected chi connectivity index (χ2v) is 5.68. The van der Waals surface area contributed by atoms with E-state index in [1.54, 1.807) is 0 Å². The molecule has 0 radical (unpaired) electrons. The average molecular weight is 312 g/mol. The van der Waals surface area contributed by atoms with E-state index in [0.717, 1.165) is 27.8 Å². The van der Waals surface area contributed by atoms with Crippen LogP contribution in [0.3, 0.4) is 0 Å². The van der Waals surface area contributed by atoms with Crippen molar-refractivity contribution in [1.82, 2.24) is 10.2 Å². The van der Waals surface area contributed by atoms with Crippen molar-refractivity contribution in [1.29, 1.82) is 0 Å². The van der Waals surface area contributed by atoms with E-state index in [9.17, 15) is 0 Å². The van der Waals surface area contributed by atoms with E-state index in [1.807, 2.05) is 48.5 Å². The molecule has 0 N–H and O–H groups in total. The topological polar surface area (TPSA) is 35.0 Å². The summed E-state index contributed by atoms with van der Waals surface area (Å²) in [5.41, 5.74) is 3.14. The van der Waals surface area contributed by atoms with Crippen molar-refractivity contribution >= 4 is 10.8 Å². The molecule has 0 aliphatic heterocycles. The molecule has 3 aromatic carbocycles. The van der Waals surface area contributed by atoms with E-state index in [-0.39, 0.29) is 0 Å². The van der Waals surface area contributed by atoms with Crippen molar-refractivity contribution in [2.45, 2.75) is 6.92 Å². The second-order valence-electron chi connectivity index (χ2n) is 5.68. The van der Waals surface area contributed by atoms with Crippen molar-refractivity contribution in [2.75, 3.05) is 0 Å². The van der Waals surface area contributed by atoms with Crippen LogP contribution in [0.15, 0.2) is 78.9 Å². The number of hydrogen-bond donors (Lipinski definition) is 0. The van der Waals surface area contributed by atoms with Gasteiger partial charge >= 0.3 is 0 Å². The first-order chi connectivity index (χ1) is 11.8. The molecular weight excluding hydrogens is 296 g/mol. The normalized spacial score (nSPS) is 10.7. The number of ether oxygens (including phenoxy) is 1. The lowest BCUT2D eigenvalue weighted by Crippen LogP contribution is -1.95. The zero-order valence-corrected chi connectivity index (χ0v) is 13.3. The predicted octanol–water partition coefficient (Wildman–Crippen LogP) is 5.40. The molecule has 1 heterocycles. The Hall–Kier alpha value is -3.20. The molecule has 24 heavy (non-hydrogen) atoms. The zero-order valence-electron chi connectivity index (χ0n) is 13.3. The molecular formula is C21H16N2O. The molecule has 0 saturated heterocycles. The van der Waals surface area contributed by atoms with Gasteiger partial charge in [0.25, 0.3) is 0 Å². The highest BCUT2D eigenvalue weighted by molar-refractivity contribution is 5.97. The highest BCUT2D eigenvalue weighted by atomic mass is 16.5. The Kier molecular flexibility index (Phi) is 3.67. The highest BCUT2D eigenvalue weighted by Gasteiger charge is 2.12. The Morgan fingerprint density at radius 2 is 1.33 bits per heavy atom. The van der Waals surface area contributed by atoms with Crippen molar-refractivity contribution in [2.24, 2.45) is 0 Å². The molecule has 116 valence electrons. The summed E-state index contributed by atoms with van der Waals surface area (Å²) in [5, 5.41) is 10.7. The van der Waals surface area contributed by atoms with Gasteiger partial charge in [-0.05, 0) is 25.1 Å². The predicted molar refractivity (Wildman–Crippen MR) is 96.2 cm³/mol. The van der Waals surface area contributed by atoms with Crippen LogP contribution < -0.4 is 4.74 Å². The molecule has 4 rings (SSSR count). The van der Waals surface area contributed by atoms with E-state index in [4.69, 9.17) is 4.74 Å². The Labute approximate surface area is 140 Å². The molecule has 3 nitrogen and oxygen atoms in total. The Bertz CT molecular complexity index is 980. The van der Waals surface area contributed by atoms with Gasteiger partial charge in [0.2, 0.25) is 5.88 Å². The maximum Gasteiger partial charge on any atom is 0.246 e. The first-order valence-electron chi connectivity index (χ1n) is 7.86. The lowest BCUT2D eigenvalue weighted by Gasteiger charge is -2.10. The summed E-state index contributed by atoms with van der Waals surface area (Å²) in [5.74, 6) is 1.27. The minimum absolute atomic E-state index is 0.521. The fourth-order valence-electron chi connectivity index (χ4n) is 2.68. The van der Waals surface area contributed by atoms with Crippen molar-refractivity contribution in [3.8, 4) is 22.9 Å². The molecule has 0 amide bonds. The van der Waals surface area contributed by atoms with Gasteiger partial charge in [0, 0.05) is 16.3 Å². The van der Waals surface area contributed by atoms with E-state index in [0.29, 0.717) is 5.88 Å². The molecule has 4 aromatic rings. The Balaban J connectivity index is 1.84. The van der Waals surface area contributed by atoms with Crippen LogP contribution in [-0.4, -0.2) is 10.2 Å². The molecule has 1 aromatic heterocycles. The quantitative estimate of drug-likeness (QED) is 0.508. The second kappa shape index (κ2) is 6.13. The van der Waals surface area contributed by atoms with Gasteiger partial charge < -0.3 is 4.74 Å². The summed E-state index contributed by atoms with van der Waals surface area (Å²) in [6, 6.07) is 26.0. The van der Waals surface area contributed by atoms with E-state index < -0.39 is 0 Å². The van der Waals surface area contributed by atoms with Crippen LogP contribution in [0.2, 0.25) is 0 Å². The standard InChI is InChI=1S/C21H16N2O/c1-15-11-13-16(14-12-15)20-18-9-5-6-10-19(18)21(23-22-20)24-17-7-3-2-4-8-17/h2-14H,1H3. The molecule has 0 spiro atoms. The summed E-state index contributed by atoms with van der Waals surface area (Å²) < 4.78 is 5.93. The summed E-state index contributed by atoms with van der Waals surface area (Å²) in [6.45, 7) is 2.07. The molecule has 0 saturated carbocycles. The van der Waals surface area contributed by atoms with E-state index in [2.05, 4.69) is 47.5 Å². The maximum atomic E-state index is 5.93. The molecule has 0 fully saturated rings. The van der Waals surface area contributed by atoms with Crippen LogP contribution in [-0.2, 0) is 0 Å². The van der Waals surface area contributed by atoms with Gasteiger partial charge in [-0.25, -0.2) is 0 Å². The van der Waals surface area contributed by atoms with E-state index >= 15 is 0 Å². The third-order valence-corrected chi connectivity index (χ3v) is 3.94. The monoisotopic (exact) mass is 312 g/mol. The number of benzene rings is 3. The highest BCUT2D eigenvalue weighted by Crippen LogP contribution is 2.32. The fraction of sp³-hybridized carbons (Fsp3) is 0.0476. The number of para-hydroxylation sites is 1. The van der Waals surface area contributed by atoms with Gasteiger partial charge in [0.1, 0.15) is 11.4 Å². The van der Waals surface area contributed by atoms with Crippen LogP contribution in [0.4, 0.5) is 0 Å². The minimum atomic E-state index is 0.521. The van der Waals surface area contributed by atoms with Crippen LogP contribution >= 0.6 is 0 Å². The molecule has 0 bridgehead atoms. The molecule has 0 atom stereocenters. The largest absolute Gasteiger partial charge is 0.437 e. The zero-order chi connectivity index (χ0) is 16.4.